The maximum absolute atomic E-state index is 12.0. The van der Waals surface area contributed by atoms with Gasteiger partial charge in [-0.2, -0.15) is 0 Å². The number of carbonyl (C=O) groups is 3. The van der Waals surface area contributed by atoms with E-state index < -0.39 is 17.8 Å². The molecule has 0 bridgehead atoms. The van der Waals surface area contributed by atoms with Crippen LogP contribution >= 0.6 is 0 Å². The van der Waals surface area contributed by atoms with Crippen LogP contribution in [-0.4, -0.2) is 65.7 Å². The summed E-state index contributed by atoms with van der Waals surface area (Å²) in [5.74, 6) is -2.44. The van der Waals surface area contributed by atoms with Gasteiger partial charge >= 0.3 is 5.97 Å². The number of morpholine rings is 1. The number of hydrogen-bond donors (Lipinski definition) is 2. The van der Waals surface area contributed by atoms with Crippen LogP contribution in [0.1, 0.15) is 6.92 Å². The van der Waals surface area contributed by atoms with Crippen LogP contribution in [0.2, 0.25) is 0 Å². The molecule has 0 unspecified atom stereocenters. The Morgan fingerprint density at radius 2 is 1.96 bits per heavy atom. The highest BCUT2D eigenvalue weighted by Gasteiger charge is 2.25. The molecular weight excluding hydrogens is 302 g/mol. The highest BCUT2D eigenvalue weighted by atomic mass is 16.5. The molecule has 1 heterocycles. The zero-order valence-corrected chi connectivity index (χ0v) is 13.1. The van der Waals surface area contributed by atoms with Crippen molar-refractivity contribution in [1.82, 2.24) is 15.1 Å². The molecular formula is C15H21N3O5. The predicted octanol–water partition coefficient (Wildman–Crippen LogP) is -0.0910. The summed E-state index contributed by atoms with van der Waals surface area (Å²) in [5.41, 5.74) is -0.128. The fourth-order valence-corrected chi connectivity index (χ4v) is 1.83. The van der Waals surface area contributed by atoms with Crippen molar-refractivity contribution in [3.05, 3.63) is 36.7 Å². The van der Waals surface area contributed by atoms with Gasteiger partial charge in [0.15, 0.2) is 0 Å². The fourth-order valence-electron chi connectivity index (χ4n) is 1.83. The molecule has 126 valence electrons. The number of rotatable bonds is 7. The topological polar surface area (TPSA) is 99.2 Å². The van der Waals surface area contributed by atoms with Crippen LogP contribution in [0.4, 0.5) is 0 Å². The first-order valence-corrected chi connectivity index (χ1v) is 7.00. The quantitative estimate of drug-likeness (QED) is 0.635. The second kappa shape index (κ2) is 8.86. The molecule has 0 aromatic carbocycles. The van der Waals surface area contributed by atoms with E-state index in [0.29, 0.717) is 26.3 Å². The van der Waals surface area contributed by atoms with Crippen molar-refractivity contribution in [2.24, 2.45) is 0 Å². The average molecular weight is 323 g/mol. The van der Waals surface area contributed by atoms with Crippen molar-refractivity contribution < 1.29 is 24.2 Å². The molecule has 0 saturated carbocycles. The van der Waals surface area contributed by atoms with Crippen molar-refractivity contribution in [3.63, 3.8) is 0 Å². The number of aliphatic carboxylic acids is 1. The predicted molar refractivity (Wildman–Crippen MR) is 83.0 cm³/mol. The summed E-state index contributed by atoms with van der Waals surface area (Å²) in [6.45, 7) is 10.6. The van der Waals surface area contributed by atoms with Crippen LogP contribution in [0.25, 0.3) is 0 Å². The minimum Gasteiger partial charge on any atom is -0.477 e. The molecule has 0 aromatic heterocycles. The lowest BCUT2D eigenvalue weighted by Crippen LogP contribution is -2.46. The van der Waals surface area contributed by atoms with E-state index in [1.165, 1.54) is 6.92 Å². The van der Waals surface area contributed by atoms with Gasteiger partial charge < -0.3 is 15.2 Å². The van der Waals surface area contributed by atoms with E-state index in [9.17, 15) is 19.5 Å². The largest absolute Gasteiger partial charge is 0.477 e. The molecule has 0 aliphatic carbocycles. The van der Waals surface area contributed by atoms with Gasteiger partial charge in [0.1, 0.15) is 5.70 Å². The van der Waals surface area contributed by atoms with Gasteiger partial charge in [-0.15, -0.1) is 0 Å². The van der Waals surface area contributed by atoms with E-state index in [1.807, 2.05) is 4.90 Å². The van der Waals surface area contributed by atoms with Crippen molar-refractivity contribution in [3.8, 4) is 0 Å². The van der Waals surface area contributed by atoms with Crippen molar-refractivity contribution in [1.29, 1.82) is 0 Å². The summed E-state index contributed by atoms with van der Waals surface area (Å²) < 4.78 is 5.22. The molecule has 23 heavy (non-hydrogen) atoms. The molecule has 8 heteroatoms. The second-order valence-corrected chi connectivity index (χ2v) is 4.93. The molecule has 1 aliphatic rings. The minimum absolute atomic E-state index is 0.0648. The standard InChI is InChI=1S/C15H21N3O5/c1-4-13(19)18(10-17-5-7-23-8-6-17)12(15(21)22)9-16-14(20)11(2)3/h4,9H,1-2,5-8,10H2,3H3,(H,16,20)(H,21,22). The van der Waals surface area contributed by atoms with E-state index in [0.717, 1.165) is 17.2 Å². The lowest BCUT2D eigenvalue weighted by atomic mass is 10.3. The van der Waals surface area contributed by atoms with Crippen LogP contribution < -0.4 is 5.32 Å². The average Bonchev–Trinajstić information content (AvgIpc) is 2.53. The molecule has 0 radical (unpaired) electrons. The third kappa shape index (κ3) is 5.68. The van der Waals surface area contributed by atoms with Gasteiger partial charge in [0.2, 0.25) is 5.91 Å². The van der Waals surface area contributed by atoms with Crippen LogP contribution in [-0.2, 0) is 19.1 Å². The first kappa shape index (κ1) is 18.6. The van der Waals surface area contributed by atoms with Crippen LogP contribution in [0.15, 0.2) is 36.7 Å². The normalized spacial score (nSPS) is 15.6. The van der Waals surface area contributed by atoms with Gasteiger partial charge in [0, 0.05) is 24.9 Å². The van der Waals surface area contributed by atoms with E-state index in [1.54, 1.807) is 0 Å². The smallest absolute Gasteiger partial charge is 0.354 e. The second-order valence-electron chi connectivity index (χ2n) is 4.93. The number of amides is 2. The number of carbonyl (C=O) groups excluding carboxylic acids is 2. The molecule has 2 amide bonds. The molecule has 1 rings (SSSR count). The number of ether oxygens (including phenoxy) is 1. The highest BCUT2D eigenvalue weighted by Crippen LogP contribution is 2.09. The Labute approximate surface area is 134 Å². The summed E-state index contributed by atoms with van der Waals surface area (Å²) in [4.78, 5) is 37.9. The molecule has 2 N–H and O–H groups in total. The zero-order valence-electron chi connectivity index (χ0n) is 13.1. The minimum atomic E-state index is -1.34. The van der Waals surface area contributed by atoms with Gasteiger partial charge in [-0.05, 0) is 13.0 Å². The van der Waals surface area contributed by atoms with Gasteiger partial charge in [-0.3, -0.25) is 19.4 Å². The Morgan fingerprint density at radius 1 is 1.35 bits per heavy atom. The van der Waals surface area contributed by atoms with Gasteiger partial charge in [-0.1, -0.05) is 13.2 Å². The molecule has 1 aliphatic heterocycles. The van der Waals surface area contributed by atoms with Gasteiger partial charge in [-0.25, -0.2) is 4.79 Å². The number of nitrogens with one attached hydrogen (secondary N) is 1. The monoisotopic (exact) mass is 323 g/mol. The Balaban J connectivity index is 2.97. The number of carboxylic acid groups (broad SMARTS) is 1. The van der Waals surface area contributed by atoms with Crippen LogP contribution in [0.5, 0.6) is 0 Å². The molecule has 1 saturated heterocycles. The Bertz CT molecular complexity index is 535. The lowest BCUT2D eigenvalue weighted by molar-refractivity contribution is -0.139. The summed E-state index contributed by atoms with van der Waals surface area (Å²) in [6, 6.07) is 0. The van der Waals surface area contributed by atoms with E-state index >= 15 is 0 Å². The maximum atomic E-state index is 12.0. The van der Waals surface area contributed by atoms with Crippen molar-refractivity contribution in [2.75, 3.05) is 33.0 Å². The van der Waals surface area contributed by atoms with E-state index in [2.05, 4.69) is 18.5 Å². The van der Waals surface area contributed by atoms with E-state index in [4.69, 9.17) is 4.74 Å². The lowest BCUT2D eigenvalue weighted by Gasteiger charge is -2.32. The number of carboxylic acids is 1. The molecule has 8 nitrogen and oxygen atoms in total. The molecule has 1 fully saturated rings. The third-order valence-electron chi connectivity index (χ3n) is 3.12. The van der Waals surface area contributed by atoms with Gasteiger partial charge in [0.25, 0.3) is 5.91 Å². The zero-order chi connectivity index (χ0) is 17.4. The van der Waals surface area contributed by atoms with E-state index in [-0.39, 0.29) is 17.9 Å². The maximum Gasteiger partial charge on any atom is 0.354 e. The van der Waals surface area contributed by atoms with Gasteiger partial charge in [0.05, 0.1) is 19.9 Å². The van der Waals surface area contributed by atoms with Crippen molar-refractivity contribution >= 4 is 17.8 Å². The fraction of sp³-hybridized carbons (Fsp3) is 0.400. The van der Waals surface area contributed by atoms with Crippen LogP contribution in [0.3, 0.4) is 0 Å². The summed E-state index contributed by atoms with van der Waals surface area (Å²) in [5, 5.41) is 11.7. The van der Waals surface area contributed by atoms with Crippen molar-refractivity contribution in [2.45, 2.75) is 6.92 Å². The third-order valence-corrected chi connectivity index (χ3v) is 3.12. The summed E-state index contributed by atoms with van der Waals surface area (Å²) >= 11 is 0. The summed E-state index contributed by atoms with van der Waals surface area (Å²) in [6.07, 6.45) is 2.01. The number of nitrogens with zero attached hydrogens (tertiary/aromatic N) is 2. The highest BCUT2D eigenvalue weighted by molar-refractivity contribution is 5.98. The number of hydrogen-bond acceptors (Lipinski definition) is 5. The summed E-state index contributed by atoms with van der Waals surface area (Å²) in [7, 11) is 0. The Hall–Kier alpha value is -2.45. The van der Waals surface area contributed by atoms with Crippen LogP contribution in [0, 0.1) is 0 Å². The SMILES string of the molecule is C=CC(=O)N(CN1CCOCC1)C(=CNC(=O)C(=C)C)C(=O)O. The molecule has 0 spiro atoms. The first-order valence-electron chi connectivity index (χ1n) is 7.00. The Kier molecular flexibility index (Phi) is 7.17. The Morgan fingerprint density at radius 3 is 2.43 bits per heavy atom. The molecule has 0 atom stereocenters. The first-order chi connectivity index (χ1) is 10.9. The molecule has 0 aromatic rings.